The molecule has 0 saturated heterocycles. The van der Waals surface area contributed by atoms with Crippen molar-refractivity contribution in [2.24, 2.45) is 5.92 Å². The first-order chi connectivity index (χ1) is 10.5. The average molecular weight is 309 g/mol. The smallest absolute Gasteiger partial charge is 0.317 e. The van der Waals surface area contributed by atoms with Crippen LogP contribution >= 0.6 is 0 Å². The lowest BCUT2D eigenvalue weighted by atomic mass is 10.2. The van der Waals surface area contributed by atoms with E-state index in [-0.39, 0.29) is 19.1 Å². The summed E-state index contributed by atoms with van der Waals surface area (Å²) in [4.78, 5) is 28.3. The summed E-state index contributed by atoms with van der Waals surface area (Å²) < 4.78 is 5.52. The molecule has 0 fully saturated rings. The van der Waals surface area contributed by atoms with Gasteiger partial charge in [0.25, 0.3) is 0 Å². The van der Waals surface area contributed by atoms with Crippen LogP contribution < -0.4 is 10.1 Å². The maximum Gasteiger partial charge on any atom is 0.317 e. The van der Waals surface area contributed by atoms with Crippen LogP contribution in [0, 0.1) is 5.92 Å². The second kappa shape index (κ2) is 8.86. The minimum absolute atomic E-state index is 0.146. The molecule has 2 amide bonds. The number of carbonyl (C=O) groups is 2. The molecule has 0 aliphatic heterocycles. The standard InChI is InChI=1S/C15H23N3O4/c1-4-8-22-13-12(6-5-7-16-13)9-17-15(21)18(3)10-11(2)14(19)20/h5-7,11H,4,8-10H2,1-3H3,(H,17,21)(H,19,20). The molecule has 1 atom stereocenters. The van der Waals surface area contributed by atoms with Crippen LogP contribution in [0.25, 0.3) is 0 Å². The van der Waals surface area contributed by atoms with E-state index in [0.717, 1.165) is 12.0 Å². The minimum atomic E-state index is -0.929. The van der Waals surface area contributed by atoms with Crippen molar-refractivity contribution in [3.05, 3.63) is 23.9 Å². The van der Waals surface area contributed by atoms with E-state index in [2.05, 4.69) is 10.3 Å². The highest BCUT2D eigenvalue weighted by molar-refractivity contribution is 5.75. The van der Waals surface area contributed by atoms with Crippen molar-refractivity contribution in [2.45, 2.75) is 26.8 Å². The van der Waals surface area contributed by atoms with Crippen LogP contribution in [0.2, 0.25) is 0 Å². The first-order valence-corrected chi connectivity index (χ1v) is 7.24. The number of urea groups is 1. The summed E-state index contributed by atoms with van der Waals surface area (Å²) in [5.41, 5.74) is 0.781. The number of carboxylic acid groups (broad SMARTS) is 1. The van der Waals surface area contributed by atoms with Crippen molar-refractivity contribution in [3.8, 4) is 5.88 Å². The van der Waals surface area contributed by atoms with Crippen molar-refractivity contribution < 1.29 is 19.4 Å². The number of carboxylic acids is 1. The zero-order valence-corrected chi connectivity index (χ0v) is 13.2. The summed E-state index contributed by atoms with van der Waals surface area (Å²) in [7, 11) is 1.56. The van der Waals surface area contributed by atoms with Gasteiger partial charge in [-0.2, -0.15) is 0 Å². The lowest BCUT2D eigenvalue weighted by molar-refractivity contribution is -0.141. The van der Waals surface area contributed by atoms with E-state index < -0.39 is 11.9 Å². The predicted molar refractivity (Wildman–Crippen MR) is 81.7 cm³/mol. The van der Waals surface area contributed by atoms with Gasteiger partial charge in [0.05, 0.1) is 12.5 Å². The summed E-state index contributed by atoms with van der Waals surface area (Å²) >= 11 is 0. The predicted octanol–water partition coefficient (Wildman–Crippen LogP) is 1.73. The number of nitrogens with one attached hydrogen (secondary N) is 1. The van der Waals surface area contributed by atoms with Crippen molar-refractivity contribution in [2.75, 3.05) is 20.2 Å². The highest BCUT2D eigenvalue weighted by atomic mass is 16.5. The number of hydrogen-bond donors (Lipinski definition) is 2. The molecular weight excluding hydrogens is 286 g/mol. The highest BCUT2D eigenvalue weighted by Gasteiger charge is 2.17. The Hall–Kier alpha value is -2.31. The summed E-state index contributed by atoms with van der Waals surface area (Å²) in [6.45, 7) is 4.55. The van der Waals surface area contributed by atoms with E-state index in [1.165, 1.54) is 4.90 Å². The fourth-order valence-corrected chi connectivity index (χ4v) is 1.76. The third-order valence-electron chi connectivity index (χ3n) is 3.04. The first-order valence-electron chi connectivity index (χ1n) is 7.24. The highest BCUT2D eigenvalue weighted by Crippen LogP contribution is 2.14. The SMILES string of the molecule is CCCOc1ncccc1CNC(=O)N(C)CC(C)C(=O)O. The molecule has 0 radical (unpaired) electrons. The molecule has 1 aromatic heterocycles. The Kier molecular flexibility index (Phi) is 7.15. The van der Waals surface area contributed by atoms with Crippen LogP contribution in [0.1, 0.15) is 25.8 Å². The van der Waals surface area contributed by atoms with Crippen LogP contribution in [-0.2, 0) is 11.3 Å². The van der Waals surface area contributed by atoms with E-state index in [9.17, 15) is 9.59 Å². The number of pyridine rings is 1. The fourth-order valence-electron chi connectivity index (χ4n) is 1.76. The maximum absolute atomic E-state index is 12.0. The Balaban J connectivity index is 2.55. The number of aliphatic carboxylic acids is 1. The molecule has 1 heterocycles. The molecule has 22 heavy (non-hydrogen) atoms. The molecule has 0 aromatic carbocycles. The van der Waals surface area contributed by atoms with Crippen LogP contribution in [0.4, 0.5) is 4.79 Å². The quantitative estimate of drug-likeness (QED) is 0.763. The van der Waals surface area contributed by atoms with Crippen LogP contribution in [-0.4, -0.2) is 47.2 Å². The molecular formula is C15H23N3O4. The Bertz CT molecular complexity index is 507. The van der Waals surface area contributed by atoms with Gasteiger partial charge in [-0.3, -0.25) is 4.79 Å². The lowest BCUT2D eigenvalue weighted by Crippen LogP contribution is -2.40. The van der Waals surface area contributed by atoms with Gasteiger partial charge in [-0.1, -0.05) is 19.9 Å². The van der Waals surface area contributed by atoms with E-state index in [1.54, 1.807) is 26.2 Å². The third kappa shape index (κ3) is 5.59. The van der Waals surface area contributed by atoms with Gasteiger partial charge in [0.15, 0.2) is 0 Å². The monoisotopic (exact) mass is 309 g/mol. The molecule has 1 rings (SSSR count). The molecule has 0 bridgehead atoms. The Labute approximate surface area is 130 Å². The van der Waals surface area contributed by atoms with Gasteiger partial charge in [-0.05, 0) is 12.5 Å². The van der Waals surface area contributed by atoms with Crippen molar-refractivity contribution in [1.82, 2.24) is 15.2 Å². The van der Waals surface area contributed by atoms with Crippen LogP contribution in [0.15, 0.2) is 18.3 Å². The molecule has 0 spiro atoms. The lowest BCUT2D eigenvalue weighted by Gasteiger charge is -2.20. The summed E-state index contributed by atoms with van der Waals surface area (Å²) in [6, 6.07) is 3.27. The second-order valence-corrected chi connectivity index (χ2v) is 5.09. The molecule has 122 valence electrons. The van der Waals surface area contributed by atoms with Gasteiger partial charge < -0.3 is 20.1 Å². The molecule has 1 aromatic rings. The van der Waals surface area contributed by atoms with E-state index in [0.29, 0.717) is 12.5 Å². The van der Waals surface area contributed by atoms with Crippen molar-refractivity contribution in [3.63, 3.8) is 0 Å². The molecule has 2 N–H and O–H groups in total. The molecule has 7 nitrogen and oxygen atoms in total. The summed E-state index contributed by atoms with van der Waals surface area (Å²) in [6.07, 6.45) is 2.51. The van der Waals surface area contributed by atoms with E-state index in [1.807, 2.05) is 13.0 Å². The third-order valence-corrected chi connectivity index (χ3v) is 3.04. The van der Waals surface area contributed by atoms with Gasteiger partial charge in [-0.25, -0.2) is 9.78 Å². The molecule has 0 aliphatic rings. The number of amides is 2. The zero-order chi connectivity index (χ0) is 16.5. The number of hydrogen-bond acceptors (Lipinski definition) is 4. The number of ether oxygens (including phenoxy) is 1. The van der Waals surface area contributed by atoms with E-state index in [4.69, 9.17) is 9.84 Å². The topological polar surface area (TPSA) is 91.8 Å². The summed E-state index contributed by atoms with van der Waals surface area (Å²) in [5, 5.41) is 11.6. The molecule has 1 unspecified atom stereocenters. The van der Waals surface area contributed by atoms with Crippen molar-refractivity contribution in [1.29, 1.82) is 0 Å². The molecule has 7 heteroatoms. The number of rotatable bonds is 8. The van der Waals surface area contributed by atoms with Gasteiger partial charge in [-0.15, -0.1) is 0 Å². The van der Waals surface area contributed by atoms with E-state index >= 15 is 0 Å². The Morgan fingerprint density at radius 3 is 2.86 bits per heavy atom. The Morgan fingerprint density at radius 2 is 2.23 bits per heavy atom. The molecule has 0 aliphatic carbocycles. The van der Waals surface area contributed by atoms with Gasteiger partial charge in [0, 0.05) is 31.9 Å². The normalized spacial score (nSPS) is 11.6. The maximum atomic E-state index is 12.0. The Morgan fingerprint density at radius 1 is 1.50 bits per heavy atom. The largest absolute Gasteiger partial charge is 0.481 e. The summed E-state index contributed by atoms with van der Waals surface area (Å²) in [5.74, 6) is -1.04. The fraction of sp³-hybridized carbons (Fsp3) is 0.533. The van der Waals surface area contributed by atoms with Crippen LogP contribution in [0.3, 0.4) is 0 Å². The number of aromatic nitrogens is 1. The molecule has 0 saturated carbocycles. The van der Waals surface area contributed by atoms with Gasteiger partial charge >= 0.3 is 12.0 Å². The van der Waals surface area contributed by atoms with Crippen molar-refractivity contribution >= 4 is 12.0 Å². The first kappa shape index (κ1) is 17.7. The number of carbonyl (C=O) groups excluding carboxylic acids is 1. The zero-order valence-electron chi connectivity index (χ0n) is 13.2. The second-order valence-electron chi connectivity index (χ2n) is 5.09. The minimum Gasteiger partial charge on any atom is -0.481 e. The number of nitrogens with zero attached hydrogens (tertiary/aromatic N) is 2. The average Bonchev–Trinajstić information content (AvgIpc) is 2.50. The van der Waals surface area contributed by atoms with Gasteiger partial charge in [0.2, 0.25) is 5.88 Å². The van der Waals surface area contributed by atoms with Gasteiger partial charge in [0.1, 0.15) is 0 Å². The van der Waals surface area contributed by atoms with Crippen LogP contribution in [0.5, 0.6) is 5.88 Å².